The van der Waals surface area contributed by atoms with Gasteiger partial charge in [0.25, 0.3) is 5.91 Å². The van der Waals surface area contributed by atoms with Gasteiger partial charge in [0.1, 0.15) is 5.58 Å². The van der Waals surface area contributed by atoms with Crippen LogP contribution >= 0.6 is 0 Å². The summed E-state index contributed by atoms with van der Waals surface area (Å²) in [6.07, 6.45) is 3.82. The molecule has 0 radical (unpaired) electrons. The molecule has 0 spiro atoms. The van der Waals surface area contributed by atoms with E-state index >= 15 is 0 Å². The van der Waals surface area contributed by atoms with Gasteiger partial charge in [0.2, 0.25) is 0 Å². The van der Waals surface area contributed by atoms with Gasteiger partial charge in [0.05, 0.1) is 23.9 Å². The molecule has 6 nitrogen and oxygen atoms in total. The van der Waals surface area contributed by atoms with Crippen molar-refractivity contribution in [1.29, 1.82) is 0 Å². The predicted molar refractivity (Wildman–Crippen MR) is 143 cm³/mol. The Morgan fingerprint density at radius 3 is 2.62 bits per heavy atom. The molecule has 4 fully saturated rings. The number of para-hydroxylation sites is 1. The first kappa shape index (κ1) is 24.7. The molecule has 3 saturated carbocycles. The molecule has 7 heteroatoms. The van der Waals surface area contributed by atoms with E-state index in [4.69, 9.17) is 18.5 Å². The SMILES string of the molecule is CCOC(C(=O)N[C@@H](Cc1coc2ccccc12)B1O[C@@H]2C[C@@H]3C[C@@H](C3(C)C)[C@]2(C)O1)c1ccccc1. The summed E-state index contributed by atoms with van der Waals surface area (Å²) < 4.78 is 25.2. The minimum Gasteiger partial charge on any atom is -0.464 e. The number of fused-ring (bicyclic) bond motifs is 1. The monoisotopic (exact) mass is 501 g/mol. The van der Waals surface area contributed by atoms with Crippen molar-refractivity contribution in [2.75, 3.05) is 6.61 Å². The number of hydrogen-bond donors (Lipinski definition) is 1. The second kappa shape index (κ2) is 9.30. The van der Waals surface area contributed by atoms with Crippen LogP contribution in [0.5, 0.6) is 0 Å². The van der Waals surface area contributed by atoms with Gasteiger partial charge in [0.15, 0.2) is 6.10 Å². The van der Waals surface area contributed by atoms with E-state index in [-0.39, 0.29) is 23.0 Å². The third-order valence-corrected chi connectivity index (χ3v) is 9.30. The maximum absolute atomic E-state index is 13.7. The fraction of sp³-hybridized carbons (Fsp3) is 0.500. The highest BCUT2D eigenvalue weighted by Gasteiger charge is 2.68. The van der Waals surface area contributed by atoms with E-state index in [1.807, 2.05) is 55.5 Å². The summed E-state index contributed by atoms with van der Waals surface area (Å²) in [6.45, 7) is 9.25. The van der Waals surface area contributed by atoms with Crippen molar-refractivity contribution in [3.05, 3.63) is 72.0 Å². The van der Waals surface area contributed by atoms with Crippen LogP contribution in [-0.4, -0.2) is 37.3 Å². The molecule has 7 rings (SSSR count). The minimum absolute atomic E-state index is 0.0339. The van der Waals surface area contributed by atoms with Crippen LogP contribution in [-0.2, 0) is 25.3 Å². The van der Waals surface area contributed by atoms with Crippen LogP contribution in [0.4, 0.5) is 0 Å². The molecule has 37 heavy (non-hydrogen) atoms. The van der Waals surface area contributed by atoms with Crippen molar-refractivity contribution in [3.8, 4) is 0 Å². The molecule has 4 aliphatic rings. The Morgan fingerprint density at radius 1 is 1.11 bits per heavy atom. The molecule has 1 amide bonds. The van der Waals surface area contributed by atoms with E-state index in [0.717, 1.165) is 28.5 Å². The van der Waals surface area contributed by atoms with Gasteiger partial charge in [-0.1, -0.05) is 62.4 Å². The molecule has 194 valence electrons. The Morgan fingerprint density at radius 2 is 1.86 bits per heavy atom. The van der Waals surface area contributed by atoms with E-state index in [9.17, 15) is 4.79 Å². The molecule has 1 aliphatic heterocycles. The Hall–Kier alpha value is -2.61. The highest BCUT2D eigenvalue weighted by molar-refractivity contribution is 6.48. The van der Waals surface area contributed by atoms with E-state index < -0.39 is 19.2 Å². The summed E-state index contributed by atoms with van der Waals surface area (Å²) in [4.78, 5) is 13.7. The average Bonchev–Trinajstić information content (AvgIpc) is 3.47. The Labute approximate surface area is 219 Å². The van der Waals surface area contributed by atoms with Gasteiger partial charge in [-0.15, -0.1) is 0 Å². The van der Waals surface area contributed by atoms with Gasteiger partial charge in [-0.05, 0) is 67.6 Å². The molecule has 1 saturated heterocycles. The number of amides is 1. The second-order valence-electron chi connectivity index (χ2n) is 11.7. The molecule has 2 bridgehead atoms. The lowest BCUT2D eigenvalue weighted by Crippen LogP contribution is -2.65. The van der Waals surface area contributed by atoms with Gasteiger partial charge >= 0.3 is 7.12 Å². The van der Waals surface area contributed by atoms with E-state index in [2.05, 4.69) is 32.2 Å². The van der Waals surface area contributed by atoms with Crippen molar-refractivity contribution in [1.82, 2.24) is 5.32 Å². The van der Waals surface area contributed by atoms with Crippen molar-refractivity contribution < 1.29 is 23.3 Å². The van der Waals surface area contributed by atoms with Crippen LogP contribution in [0.15, 0.2) is 65.3 Å². The zero-order valence-corrected chi connectivity index (χ0v) is 22.1. The Balaban J connectivity index is 1.29. The molecular weight excluding hydrogens is 465 g/mol. The molecule has 1 N–H and O–H groups in total. The normalized spacial score (nSPS) is 29.4. The summed E-state index contributed by atoms with van der Waals surface area (Å²) in [6, 6.07) is 17.6. The number of carbonyl (C=O) groups excluding carboxylic acids is 1. The standard InChI is InChI=1S/C30H36BNO5/c1-5-34-27(19-11-7-6-8-12-19)28(33)32-26(15-20-18-35-23-14-10-9-13-22(20)23)31-36-25-17-21-16-24(29(21,2)3)30(25,4)37-31/h6-14,18,21,24-27H,5,15-17H2,1-4H3,(H,32,33)/t21-,24-,25+,26-,27?,30-/m0/s1. The fourth-order valence-corrected chi connectivity index (χ4v) is 7.09. The van der Waals surface area contributed by atoms with Crippen LogP contribution < -0.4 is 5.32 Å². The number of furan rings is 1. The average molecular weight is 501 g/mol. The van der Waals surface area contributed by atoms with Gasteiger partial charge < -0.3 is 23.8 Å². The van der Waals surface area contributed by atoms with E-state index in [1.165, 1.54) is 6.42 Å². The summed E-state index contributed by atoms with van der Waals surface area (Å²) in [5, 5.41) is 4.30. The predicted octanol–water partition coefficient (Wildman–Crippen LogP) is 5.51. The smallest absolute Gasteiger partial charge is 0.464 e. The lowest BCUT2D eigenvalue weighted by atomic mass is 9.43. The highest BCUT2D eigenvalue weighted by atomic mass is 16.7. The molecule has 3 aliphatic carbocycles. The molecule has 2 aromatic carbocycles. The zero-order valence-electron chi connectivity index (χ0n) is 22.1. The molecule has 2 heterocycles. The third kappa shape index (κ3) is 4.12. The molecular formula is C30H36BNO5. The molecule has 1 aromatic heterocycles. The van der Waals surface area contributed by atoms with Gasteiger partial charge in [0, 0.05) is 12.0 Å². The van der Waals surface area contributed by atoms with E-state index in [1.54, 1.807) is 6.26 Å². The number of nitrogens with one attached hydrogen (secondary N) is 1. The second-order valence-corrected chi connectivity index (χ2v) is 11.7. The first-order valence-electron chi connectivity index (χ1n) is 13.6. The fourth-order valence-electron chi connectivity index (χ4n) is 7.09. The van der Waals surface area contributed by atoms with Gasteiger partial charge in [-0.3, -0.25) is 4.79 Å². The number of rotatable bonds is 8. The number of carbonyl (C=O) groups is 1. The topological polar surface area (TPSA) is 69.9 Å². The number of hydrogen-bond acceptors (Lipinski definition) is 5. The van der Waals surface area contributed by atoms with Crippen LogP contribution in [0.25, 0.3) is 11.0 Å². The van der Waals surface area contributed by atoms with Crippen molar-refractivity contribution in [2.24, 2.45) is 17.3 Å². The Kier molecular flexibility index (Phi) is 6.21. The van der Waals surface area contributed by atoms with Gasteiger partial charge in [-0.2, -0.15) is 0 Å². The number of benzene rings is 2. The summed E-state index contributed by atoms with van der Waals surface area (Å²) in [5.41, 5.74) is 2.56. The van der Waals surface area contributed by atoms with Gasteiger partial charge in [-0.25, -0.2) is 0 Å². The first-order valence-corrected chi connectivity index (χ1v) is 13.6. The maximum Gasteiger partial charge on any atom is 0.482 e. The lowest BCUT2D eigenvalue weighted by Gasteiger charge is -2.64. The minimum atomic E-state index is -0.708. The van der Waals surface area contributed by atoms with Crippen LogP contribution in [0.1, 0.15) is 57.8 Å². The first-order chi connectivity index (χ1) is 17.8. The van der Waals surface area contributed by atoms with Crippen molar-refractivity contribution >= 4 is 24.0 Å². The van der Waals surface area contributed by atoms with Crippen LogP contribution in [0, 0.1) is 17.3 Å². The Bertz CT molecular complexity index is 1280. The molecule has 6 atom stereocenters. The lowest BCUT2D eigenvalue weighted by molar-refractivity contribution is -0.199. The summed E-state index contributed by atoms with van der Waals surface area (Å²) in [7, 11) is -0.555. The molecule has 3 aromatic rings. The van der Waals surface area contributed by atoms with Crippen LogP contribution in [0.2, 0.25) is 0 Å². The maximum atomic E-state index is 13.7. The highest BCUT2D eigenvalue weighted by Crippen LogP contribution is 2.65. The number of ether oxygens (including phenoxy) is 1. The zero-order chi connectivity index (χ0) is 25.8. The largest absolute Gasteiger partial charge is 0.482 e. The third-order valence-electron chi connectivity index (χ3n) is 9.30. The van der Waals surface area contributed by atoms with E-state index in [0.29, 0.717) is 24.9 Å². The summed E-state index contributed by atoms with van der Waals surface area (Å²) >= 11 is 0. The van der Waals surface area contributed by atoms with Crippen LogP contribution in [0.3, 0.4) is 0 Å². The van der Waals surface area contributed by atoms with Crippen molar-refractivity contribution in [3.63, 3.8) is 0 Å². The summed E-state index contributed by atoms with van der Waals surface area (Å²) in [5.74, 6) is 0.509. The quantitative estimate of drug-likeness (QED) is 0.413. The van der Waals surface area contributed by atoms with Crippen molar-refractivity contribution in [2.45, 2.75) is 70.7 Å². The molecule has 1 unspecified atom stereocenters.